The van der Waals surface area contributed by atoms with E-state index in [1.807, 2.05) is 26.0 Å². The number of benzene rings is 1. The Labute approximate surface area is 107 Å². The average Bonchev–Trinajstić information content (AvgIpc) is 2.30. The number of hydrogen-bond acceptors (Lipinski definition) is 3. The number of hydrogen-bond donors (Lipinski definition) is 0. The summed E-state index contributed by atoms with van der Waals surface area (Å²) in [5, 5.41) is 0. The van der Waals surface area contributed by atoms with Gasteiger partial charge in [0, 0.05) is 23.5 Å². The first-order chi connectivity index (χ1) is 8.58. The molecule has 1 heterocycles. The third-order valence-corrected chi connectivity index (χ3v) is 2.44. The molecular weight excluding hydrogens is 225 g/mol. The number of pyridine rings is 1. The van der Waals surface area contributed by atoms with Crippen LogP contribution in [0.2, 0.25) is 0 Å². The van der Waals surface area contributed by atoms with Crippen molar-refractivity contribution < 1.29 is 9.53 Å². The van der Waals surface area contributed by atoms with E-state index in [-0.39, 0.29) is 0 Å². The molecule has 2 radical (unpaired) electrons. The minimum absolute atomic E-state index is 0.433. The molecule has 0 unspecified atom stereocenters. The monoisotopic (exact) mass is 237 g/mol. The van der Waals surface area contributed by atoms with Gasteiger partial charge in [-0.1, -0.05) is 17.6 Å². The van der Waals surface area contributed by atoms with E-state index in [1.54, 1.807) is 18.2 Å². The first kappa shape index (κ1) is 12.4. The predicted molar refractivity (Wildman–Crippen MR) is 71.0 cm³/mol. The zero-order valence-electron chi connectivity index (χ0n) is 10.3. The maximum absolute atomic E-state index is 11.0. The van der Waals surface area contributed by atoms with Gasteiger partial charge in [-0.15, -0.1) is 0 Å². The molecule has 88 valence electrons. The van der Waals surface area contributed by atoms with Gasteiger partial charge in [0.25, 0.3) is 0 Å². The number of carbonyl (C=O) groups is 1. The summed E-state index contributed by atoms with van der Waals surface area (Å²) < 4.78 is 5.69. The largest absolute Gasteiger partial charge is 0.456 e. The van der Waals surface area contributed by atoms with Gasteiger partial charge in [0.2, 0.25) is 0 Å². The molecule has 1 aromatic carbocycles. The minimum atomic E-state index is 0.433. The summed E-state index contributed by atoms with van der Waals surface area (Å²) in [6, 6.07) is 8.60. The number of nitrogens with zero attached hydrogens (tertiary/aromatic N) is 1. The average molecular weight is 237 g/mol. The van der Waals surface area contributed by atoms with Crippen LogP contribution in [-0.4, -0.2) is 19.1 Å². The molecule has 0 bridgehead atoms. The molecule has 0 atom stereocenters. The molecule has 2 aromatic rings. The van der Waals surface area contributed by atoms with E-state index in [0.717, 1.165) is 17.7 Å². The van der Waals surface area contributed by atoms with E-state index in [1.165, 1.54) is 0 Å². The summed E-state index contributed by atoms with van der Waals surface area (Å²) >= 11 is 0. The fourth-order valence-electron chi connectivity index (χ4n) is 1.73. The first-order valence-corrected chi connectivity index (χ1v) is 5.56. The van der Waals surface area contributed by atoms with Gasteiger partial charge in [0.1, 0.15) is 19.3 Å². The number of aryl methyl sites for hydroxylation is 2. The topological polar surface area (TPSA) is 39.2 Å². The minimum Gasteiger partial charge on any atom is -0.456 e. The lowest BCUT2D eigenvalue weighted by atomic mass is 9.94. The second-order valence-corrected chi connectivity index (χ2v) is 4.10. The number of aromatic nitrogens is 1. The summed E-state index contributed by atoms with van der Waals surface area (Å²) in [6.07, 6.45) is 0.729. The zero-order valence-corrected chi connectivity index (χ0v) is 10.3. The lowest BCUT2D eigenvalue weighted by molar-refractivity contribution is 0.112. The molecule has 1 aromatic heterocycles. The summed E-state index contributed by atoms with van der Waals surface area (Å²) in [6.45, 7) is 3.78. The van der Waals surface area contributed by atoms with Crippen LogP contribution in [0.5, 0.6) is 11.5 Å². The van der Waals surface area contributed by atoms with Crippen molar-refractivity contribution >= 4 is 19.6 Å². The van der Waals surface area contributed by atoms with Crippen molar-refractivity contribution in [3.8, 4) is 11.5 Å². The Morgan fingerprint density at radius 1 is 1.17 bits per heavy atom. The molecule has 4 heteroatoms. The molecule has 0 amide bonds. The molecule has 0 spiro atoms. The van der Waals surface area contributed by atoms with Crippen molar-refractivity contribution in [2.24, 2.45) is 0 Å². The SMILES string of the molecule is [B]c1ccc(Oc2cc(C)nc(C)c2)c(C=O)c1. The highest BCUT2D eigenvalue weighted by molar-refractivity contribution is 6.32. The van der Waals surface area contributed by atoms with E-state index in [4.69, 9.17) is 12.6 Å². The second kappa shape index (κ2) is 5.04. The van der Waals surface area contributed by atoms with Crippen molar-refractivity contribution in [2.45, 2.75) is 13.8 Å². The van der Waals surface area contributed by atoms with E-state index in [2.05, 4.69) is 4.98 Å². The van der Waals surface area contributed by atoms with Crippen LogP contribution >= 0.6 is 0 Å². The number of carbonyl (C=O) groups excluding carboxylic acids is 1. The van der Waals surface area contributed by atoms with Gasteiger partial charge in [-0.3, -0.25) is 9.78 Å². The Bertz CT molecular complexity index is 576. The fraction of sp³-hybridized carbons (Fsp3) is 0.143. The van der Waals surface area contributed by atoms with Crippen LogP contribution in [0.1, 0.15) is 21.7 Å². The Hall–Kier alpha value is -2.10. The van der Waals surface area contributed by atoms with Crippen LogP contribution in [0.3, 0.4) is 0 Å². The summed E-state index contributed by atoms with van der Waals surface area (Å²) in [4.78, 5) is 15.2. The number of rotatable bonds is 3. The summed E-state index contributed by atoms with van der Waals surface area (Å²) in [5.41, 5.74) is 2.70. The molecule has 0 aliphatic rings. The van der Waals surface area contributed by atoms with Crippen LogP contribution in [-0.2, 0) is 0 Å². The summed E-state index contributed by atoms with van der Waals surface area (Å²) in [5.74, 6) is 1.15. The van der Waals surface area contributed by atoms with Gasteiger partial charge in [-0.2, -0.15) is 0 Å². The molecule has 0 aliphatic heterocycles. The van der Waals surface area contributed by atoms with Crippen molar-refractivity contribution in [3.05, 3.63) is 47.3 Å². The maximum Gasteiger partial charge on any atom is 0.153 e. The van der Waals surface area contributed by atoms with Crippen LogP contribution in [0.15, 0.2) is 30.3 Å². The molecule has 0 fully saturated rings. The van der Waals surface area contributed by atoms with Crippen molar-refractivity contribution in [1.82, 2.24) is 4.98 Å². The third-order valence-electron chi connectivity index (χ3n) is 2.44. The van der Waals surface area contributed by atoms with Gasteiger partial charge in [-0.25, -0.2) is 0 Å². The Balaban J connectivity index is 2.36. The highest BCUT2D eigenvalue weighted by Crippen LogP contribution is 2.24. The second-order valence-electron chi connectivity index (χ2n) is 4.10. The Morgan fingerprint density at radius 2 is 1.83 bits per heavy atom. The molecule has 0 saturated heterocycles. The number of aldehydes is 1. The Morgan fingerprint density at radius 3 is 2.44 bits per heavy atom. The fourth-order valence-corrected chi connectivity index (χ4v) is 1.73. The van der Waals surface area contributed by atoms with Gasteiger partial charge < -0.3 is 4.74 Å². The quantitative estimate of drug-likeness (QED) is 0.606. The van der Waals surface area contributed by atoms with E-state index in [0.29, 0.717) is 22.5 Å². The molecule has 0 N–H and O–H groups in total. The molecular formula is C14H12BNO2. The molecule has 2 rings (SSSR count). The zero-order chi connectivity index (χ0) is 13.1. The van der Waals surface area contributed by atoms with Crippen molar-refractivity contribution in [1.29, 1.82) is 0 Å². The smallest absolute Gasteiger partial charge is 0.153 e. The van der Waals surface area contributed by atoms with Crippen molar-refractivity contribution in [2.75, 3.05) is 0 Å². The predicted octanol–water partition coefficient (Wildman–Crippen LogP) is 2.10. The lowest BCUT2D eigenvalue weighted by Gasteiger charge is -2.10. The molecule has 0 aliphatic carbocycles. The molecule has 3 nitrogen and oxygen atoms in total. The number of ether oxygens (including phenoxy) is 1. The van der Waals surface area contributed by atoms with E-state index < -0.39 is 0 Å². The van der Waals surface area contributed by atoms with Gasteiger partial charge in [-0.05, 0) is 19.9 Å². The highest BCUT2D eigenvalue weighted by Gasteiger charge is 2.05. The third kappa shape index (κ3) is 2.77. The normalized spacial score (nSPS) is 10.1. The van der Waals surface area contributed by atoms with E-state index >= 15 is 0 Å². The summed E-state index contributed by atoms with van der Waals surface area (Å²) in [7, 11) is 5.62. The molecule has 0 saturated carbocycles. The standard InChI is InChI=1S/C14H12BNO2/c1-9-5-13(6-10(2)16-9)18-14-4-3-12(15)7-11(14)8-17/h3-8H,1-2H3. The van der Waals surface area contributed by atoms with Crippen LogP contribution in [0.4, 0.5) is 0 Å². The van der Waals surface area contributed by atoms with Crippen LogP contribution < -0.4 is 10.2 Å². The Kier molecular flexibility index (Phi) is 3.46. The lowest BCUT2D eigenvalue weighted by Crippen LogP contribution is -2.04. The van der Waals surface area contributed by atoms with Gasteiger partial charge >= 0.3 is 0 Å². The van der Waals surface area contributed by atoms with Gasteiger partial charge in [0.05, 0.1) is 5.56 Å². The van der Waals surface area contributed by atoms with Gasteiger partial charge in [0.15, 0.2) is 6.29 Å². The first-order valence-electron chi connectivity index (χ1n) is 5.56. The van der Waals surface area contributed by atoms with Crippen LogP contribution in [0.25, 0.3) is 0 Å². The molecule has 18 heavy (non-hydrogen) atoms. The van der Waals surface area contributed by atoms with Crippen molar-refractivity contribution in [3.63, 3.8) is 0 Å². The highest BCUT2D eigenvalue weighted by atomic mass is 16.5. The maximum atomic E-state index is 11.0. The van der Waals surface area contributed by atoms with E-state index in [9.17, 15) is 4.79 Å². The van der Waals surface area contributed by atoms with Crippen LogP contribution in [0, 0.1) is 13.8 Å².